The molecule has 0 radical (unpaired) electrons. The van der Waals surface area contributed by atoms with Crippen molar-refractivity contribution in [1.82, 2.24) is 0 Å². The van der Waals surface area contributed by atoms with Gasteiger partial charge in [-0.2, -0.15) is 0 Å². The largest absolute Gasteiger partial charge is 0.309 e. The highest BCUT2D eigenvalue weighted by molar-refractivity contribution is 7.27. The van der Waals surface area contributed by atoms with Crippen molar-refractivity contribution < 1.29 is 20.6 Å². The van der Waals surface area contributed by atoms with E-state index in [9.17, 15) is 8.22 Å². The summed E-state index contributed by atoms with van der Waals surface area (Å²) in [6, 6.07) is 32.4. The van der Waals surface area contributed by atoms with Gasteiger partial charge in [0.25, 0.3) is 0 Å². The third kappa shape index (κ3) is 5.94. The second-order valence-corrected chi connectivity index (χ2v) is 14.7. The van der Waals surface area contributed by atoms with Gasteiger partial charge in [-0.3, -0.25) is 0 Å². The molecule has 0 spiro atoms. The van der Waals surface area contributed by atoms with Crippen LogP contribution in [-0.2, 0) is 0 Å². The van der Waals surface area contributed by atoms with E-state index >= 15 is 0 Å². The molecule has 10 aromatic carbocycles. The van der Waals surface area contributed by atoms with Crippen LogP contribution >= 0.6 is 11.3 Å². The predicted molar refractivity (Wildman–Crippen MR) is 251 cm³/mol. The summed E-state index contributed by atoms with van der Waals surface area (Å²) in [5, 5.41) is 2.97. The van der Waals surface area contributed by atoms with Crippen LogP contribution in [0.4, 0.5) is 17.1 Å². The fraction of sp³-hybridized carbons (Fsp3) is 0. The Kier molecular flexibility index (Phi) is 5.41. The van der Waals surface area contributed by atoms with Crippen molar-refractivity contribution in [3.05, 3.63) is 224 Å². The SMILES string of the molecule is [2H]c1c([2H])c([2H])c(-c2c(-c3c([2H])c([2H])c(N(c4ccc(-c5ccccc5-c5ccccc5)cc4)c4cccc5c4sc4c6ccccc6ccc54)c([2H])c3[2H])c([2H])c3c([2H])c([2H])c([2H])c([2H])c3c2[2H])c([2H])c1[2H]. The maximum absolute atomic E-state index is 9.94. The number of anilines is 3. The molecule has 0 saturated heterocycles. The molecular formula is C56H37NS. The van der Waals surface area contributed by atoms with Gasteiger partial charge in [-0.25, -0.2) is 0 Å². The average molecular weight is 771 g/mol. The molecule has 58 heavy (non-hydrogen) atoms. The molecular weight excluding hydrogens is 719 g/mol. The highest BCUT2D eigenvalue weighted by Gasteiger charge is 2.20. The fourth-order valence-corrected chi connectivity index (χ4v) is 8.98. The molecule has 11 rings (SSSR count). The first-order chi connectivity index (χ1) is 35.0. The molecule has 0 fully saturated rings. The van der Waals surface area contributed by atoms with Crippen molar-refractivity contribution in [2.24, 2.45) is 0 Å². The van der Waals surface area contributed by atoms with Gasteiger partial charge in [0.2, 0.25) is 0 Å². The topological polar surface area (TPSA) is 3.24 Å². The monoisotopic (exact) mass is 770 g/mol. The summed E-state index contributed by atoms with van der Waals surface area (Å²) in [5.74, 6) is 0. The summed E-state index contributed by atoms with van der Waals surface area (Å²) < 4.78 is 139. The Balaban J connectivity index is 1.22. The number of nitrogens with zero attached hydrogens (tertiary/aromatic N) is 1. The van der Waals surface area contributed by atoms with Crippen molar-refractivity contribution in [2.75, 3.05) is 4.90 Å². The molecule has 1 nitrogen and oxygen atoms in total. The van der Waals surface area contributed by atoms with Gasteiger partial charge in [0.15, 0.2) is 0 Å². The summed E-state index contributed by atoms with van der Waals surface area (Å²) in [5.41, 5.74) is 2.31. The lowest BCUT2D eigenvalue weighted by molar-refractivity contribution is 1.30. The number of fused-ring (bicyclic) bond motifs is 6. The van der Waals surface area contributed by atoms with Gasteiger partial charge >= 0.3 is 0 Å². The summed E-state index contributed by atoms with van der Waals surface area (Å²) in [6.07, 6.45) is 0. The predicted octanol–water partition coefficient (Wildman–Crippen LogP) is 16.5. The van der Waals surface area contributed by atoms with Crippen molar-refractivity contribution in [1.29, 1.82) is 0 Å². The van der Waals surface area contributed by atoms with E-state index in [1.165, 1.54) is 11.3 Å². The van der Waals surface area contributed by atoms with E-state index in [-0.39, 0.29) is 5.69 Å². The summed E-state index contributed by atoms with van der Waals surface area (Å²) in [7, 11) is 0. The molecule has 0 aliphatic rings. The molecule has 0 atom stereocenters. The van der Waals surface area contributed by atoms with E-state index in [0.29, 0.717) is 11.4 Å². The van der Waals surface area contributed by atoms with Crippen LogP contribution in [0.15, 0.2) is 224 Å². The van der Waals surface area contributed by atoms with Crippen LogP contribution in [0.2, 0.25) is 0 Å². The summed E-state index contributed by atoms with van der Waals surface area (Å²) in [4.78, 5) is 1.67. The molecule has 1 aromatic heterocycles. The summed E-state index contributed by atoms with van der Waals surface area (Å²) in [6.45, 7) is 0. The number of rotatable bonds is 7. The van der Waals surface area contributed by atoms with Crippen LogP contribution < -0.4 is 4.90 Å². The second kappa shape index (κ2) is 14.4. The normalized spacial score (nSPS) is 15.1. The van der Waals surface area contributed by atoms with Gasteiger partial charge in [-0.1, -0.05) is 182 Å². The zero-order valence-corrected chi connectivity index (χ0v) is 31.4. The number of benzene rings is 10. The minimum Gasteiger partial charge on any atom is -0.309 e. The zero-order chi connectivity index (χ0) is 51.5. The number of thiophene rings is 1. The van der Waals surface area contributed by atoms with Crippen LogP contribution in [-0.4, -0.2) is 0 Å². The smallest absolute Gasteiger partial charge is 0.0645 e. The molecule has 0 aliphatic heterocycles. The van der Waals surface area contributed by atoms with Crippen LogP contribution in [0.3, 0.4) is 0 Å². The third-order valence-electron chi connectivity index (χ3n) is 10.3. The molecule has 0 bridgehead atoms. The number of hydrogen-bond acceptors (Lipinski definition) is 2. The average Bonchev–Trinajstić information content (AvgIpc) is 3.81. The Morgan fingerprint density at radius 2 is 0.931 bits per heavy atom. The standard InChI is InChI=1S/C56H37NS/c1-3-14-38(15-4-1)47-21-11-12-22-48(47)41-26-31-45(32-27-41)57(54-25-13-24-50-51-35-30-40-18-9-10-23-49(40)55(51)58-56(50)54)46-33-28-42(29-34-46)53-37-44-20-8-7-19-43(44)36-52(53)39-16-5-2-6-17-39/h1-37H/i2D,5D,6D,7D,8D,16D,17D,19D,20D,28D,29D,33D,34D,36D,37D. The molecule has 0 N–H and O–H groups in total. The van der Waals surface area contributed by atoms with Gasteiger partial charge in [0.1, 0.15) is 0 Å². The van der Waals surface area contributed by atoms with Crippen molar-refractivity contribution in [3.8, 4) is 44.5 Å². The molecule has 2 heteroatoms. The van der Waals surface area contributed by atoms with Gasteiger partial charge < -0.3 is 4.90 Å². The van der Waals surface area contributed by atoms with Crippen molar-refractivity contribution in [3.63, 3.8) is 0 Å². The minimum atomic E-state index is -0.808. The first kappa shape index (κ1) is 21.9. The van der Waals surface area contributed by atoms with Crippen LogP contribution in [0.1, 0.15) is 20.6 Å². The molecule has 1 heterocycles. The molecule has 0 unspecified atom stereocenters. The van der Waals surface area contributed by atoms with Gasteiger partial charge in [0, 0.05) is 26.8 Å². The Bertz CT molecular complexity index is 4100. The lowest BCUT2D eigenvalue weighted by atomic mass is 9.91. The first-order valence-corrected chi connectivity index (χ1v) is 19.4. The maximum atomic E-state index is 9.94. The molecule has 0 aliphatic carbocycles. The molecule has 0 amide bonds. The second-order valence-electron chi connectivity index (χ2n) is 13.7. The third-order valence-corrected chi connectivity index (χ3v) is 11.6. The van der Waals surface area contributed by atoms with Crippen molar-refractivity contribution in [2.45, 2.75) is 0 Å². The van der Waals surface area contributed by atoms with E-state index in [0.717, 1.165) is 53.2 Å². The molecule has 272 valence electrons. The van der Waals surface area contributed by atoms with E-state index in [4.69, 9.17) is 12.3 Å². The lowest BCUT2D eigenvalue weighted by Gasteiger charge is -2.27. The number of hydrogen-bond donors (Lipinski definition) is 0. The van der Waals surface area contributed by atoms with Crippen LogP contribution in [0.5, 0.6) is 0 Å². The highest BCUT2D eigenvalue weighted by atomic mass is 32.1. The summed E-state index contributed by atoms with van der Waals surface area (Å²) >= 11 is 1.53. The Morgan fingerprint density at radius 1 is 0.345 bits per heavy atom. The first-order valence-electron chi connectivity index (χ1n) is 26.1. The molecule has 0 saturated carbocycles. The van der Waals surface area contributed by atoms with Crippen LogP contribution in [0.25, 0.3) is 86.2 Å². The van der Waals surface area contributed by atoms with Crippen LogP contribution in [0, 0.1) is 0 Å². The molecule has 11 aromatic rings. The zero-order valence-electron chi connectivity index (χ0n) is 45.6. The van der Waals surface area contributed by atoms with E-state index in [1.807, 2.05) is 115 Å². The van der Waals surface area contributed by atoms with Crippen molar-refractivity contribution >= 4 is 70.1 Å². The van der Waals surface area contributed by atoms with Gasteiger partial charge in [-0.05, 0) is 108 Å². The highest BCUT2D eigenvalue weighted by Crippen LogP contribution is 2.47. The minimum absolute atomic E-state index is 0.185. The Labute approximate surface area is 363 Å². The van der Waals surface area contributed by atoms with Gasteiger partial charge in [0.05, 0.1) is 30.9 Å². The van der Waals surface area contributed by atoms with E-state index < -0.39 is 124 Å². The van der Waals surface area contributed by atoms with Gasteiger partial charge in [-0.15, -0.1) is 11.3 Å². The Hall–Kier alpha value is -7.26. The fourth-order valence-electron chi connectivity index (χ4n) is 7.64. The maximum Gasteiger partial charge on any atom is 0.0645 e. The quantitative estimate of drug-likeness (QED) is 0.156. The van der Waals surface area contributed by atoms with E-state index in [1.54, 1.807) is 4.90 Å². The van der Waals surface area contributed by atoms with E-state index in [2.05, 4.69) is 18.2 Å². The Morgan fingerprint density at radius 3 is 1.66 bits per heavy atom. The lowest BCUT2D eigenvalue weighted by Crippen LogP contribution is -2.10.